The Balaban J connectivity index is 2.85. The molecule has 0 aliphatic rings. The number of aryl methyl sites for hydroxylation is 1. The Morgan fingerprint density at radius 2 is 2.31 bits per heavy atom. The molecule has 1 heterocycles. The molecule has 6 nitrogen and oxygen atoms in total. The summed E-state index contributed by atoms with van der Waals surface area (Å²) in [6, 6.07) is 0. The first kappa shape index (κ1) is 12.5. The second-order valence-electron chi connectivity index (χ2n) is 3.62. The van der Waals surface area contributed by atoms with Crippen LogP contribution in [0.1, 0.15) is 23.8 Å². The van der Waals surface area contributed by atoms with Crippen LogP contribution in [-0.2, 0) is 7.05 Å². The van der Waals surface area contributed by atoms with Crippen molar-refractivity contribution in [2.75, 3.05) is 25.4 Å². The van der Waals surface area contributed by atoms with Crippen molar-refractivity contribution in [3.05, 3.63) is 11.9 Å². The summed E-state index contributed by atoms with van der Waals surface area (Å²) in [7, 11) is 1.71. The molecule has 0 saturated heterocycles. The van der Waals surface area contributed by atoms with E-state index in [4.69, 9.17) is 10.8 Å². The van der Waals surface area contributed by atoms with E-state index in [1.807, 2.05) is 6.92 Å². The quantitative estimate of drug-likeness (QED) is 0.731. The average molecular weight is 226 g/mol. The number of rotatable bonds is 5. The van der Waals surface area contributed by atoms with Crippen molar-refractivity contribution in [1.29, 1.82) is 0 Å². The third-order valence-electron chi connectivity index (χ3n) is 2.21. The number of aliphatic hydroxyl groups is 1. The summed E-state index contributed by atoms with van der Waals surface area (Å²) in [5, 5.41) is 12.9. The van der Waals surface area contributed by atoms with E-state index in [-0.39, 0.29) is 18.2 Å². The van der Waals surface area contributed by atoms with Gasteiger partial charge in [-0.3, -0.25) is 9.48 Å². The molecule has 0 fully saturated rings. The normalized spacial score (nSPS) is 10.4. The maximum Gasteiger partial charge on any atom is 0.276 e. The Morgan fingerprint density at radius 1 is 1.62 bits per heavy atom. The molecule has 6 heteroatoms. The van der Waals surface area contributed by atoms with Crippen LogP contribution in [0.5, 0.6) is 0 Å². The Morgan fingerprint density at radius 3 is 2.75 bits per heavy atom. The minimum Gasteiger partial charge on any atom is -0.396 e. The van der Waals surface area contributed by atoms with Crippen LogP contribution in [0.3, 0.4) is 0 Å². The van der Waals surface area contributed by atoms with Gasteiger partial charge < -0.3 is 15.7 Å². The number of aromatic nitrogens is 2. The number of aliphatic hydroxyl groups excluding tert-OH is 1. The molecular formula is C10H18N4O2. The van der Waals surface area contributed by atoms with Crippen molar-refractivity contribution in [1.82, 2.24) is 14.7 Å². The van der Waals surface area contributed by atoms with Gasteiger partial charge in [0.15, 0.2) is 5.69 Å². The summed E-state index contributed by atoms with van der Waals surface area (Å²) in [5.74, 6) is -0.228. The molecule has 1 aromatic rings. The zero-order chi connectivity index (χ0) is 12.1. The van der Waals surface area contributed by atoms with Gasteiger partial charge in [0.1, 0.15) is 0 Å². The molecule has 3 N–H and O–H groups in total. The number of anilines is 1. The predicted octanol–water partition coefficient (Wildman–Crippen LogP) is -0.153. The maximum absolute atomic E-state index is 12.0. The number of nitrogen functional groups attached to an aromatic ring is 1. The van der Waals surface area contributed by atoms with Crippen LogP contribution < -0.4 is 5.73 Å². The fourth-order valence-corrected chi connectivity index (χ4v) is 1.53. The van der Waals surface area contributed by atoms with Crippen LogP contribution in [0.4, 0.5) is 5.69 Å². The number of nitrogens with two attached hydrogens (primary N) is 1. The monoisotopic (exact) mass is 226 g/mol. The molecule has 16 heavy (non-hydrogen) atoms. The van der Waals surface area contributed by atoms with Gasteiger partial charge in [-0.15, -0.1) is 0 Å². The molecule has 0 spiro atoms. The predicted molar refractivity (Wildman–Crippen MR) is 60.9 cm³/mol. The van der Waals surface area contributed by atoms with Gasteiger partial charge in [0, 0.05) is 26.3 Å². The van der Waals surface area contributed by atoms with Crippen molar-refractivity contribution in [3.8, 4) is 0 Å². The van der Waals surface area contributed by atoms with E-state index in [2.05, 4.69) is 5.10 Å². The molecule has 1 rings (SSSR count). The van der Waals surface area contributed by atoms with Crippen LogP contribution in [-0.4, -0.2) is 45.4 Å². The minimum absolute atomic E-state index is 0.0571. The fraction of sp³-hybridized carbons (Fsp3) is 0.600. The number of amides is 1. The molecule has 0 aliphatic carbocycles. The highest BCUT2D eigenvalue weighted by atomic mass is 16.3. The van der Waals surface area contributed by atoms with Crippen molar-refractivity contribution >= 4 is 11.6 Å². The van der Waals surface area contributed by atoms with E-state index in [9.17, 15) is 4.79 Å². The average Bonchev–Trinajstić information content (AvgIpc) is 2.56. The Kier molecular flexibility index (Phi) is 4.30. The molecule has 1 aromatic heterocycles. The molecule has 0 aliphatic heterocycles. The van der Waals surface area contributed by atoms with E-state index in [0.717, 1.165) is 6.42 Å². The highest BCUT2D eigenvalue weighted by molar-refractivity contribution is 5.97. The van der Waals surface area contributed by atoms with Crippen molar-refractivity contribution in [3.63, 3.8) is 0 Å². The third-order valence-corrected chi connectivity index (χ3v) is 2.21. The first-order valence-corrected chi connectivity index (χ1v) is 5.29. The molecule has 0 unspecified atom stereocenters. The van der Waals surface area contributed by atoms with Crippen LogP contribution in [0, 0.1) is 0 Å². The first-order chi connectivity index (χ1) is 7.60. The SMILES string of the molecule is CCCN(CCO)C(=O)c1nn(C)cc1N. The second kappa shape index (κ2) is 5.50. The van der Waals surface area contributed by atoms with Crippen LogP contribution in [0.15, 0.2) is 6.20 Å². The Labute approximate surface area is 94.6 Å². The van der Waals surface area contributed by atoms with Gasteiger partial charge in [0.25, 0.3) is 5.91 Å². The molecule has 0 saturated carbocycles. The lowest BCUT2D eigenvalue weighted by atomic mass is 10.3. The highest BCUT2D eigenvalue weighted by Gasteiger charge is 2.20. The van der Waals surface area contributed by atoms with Gasteiger partial charge in [-0.1, -0.05) is 6.92 Å². The van der Waals surface area contributed by atoms with Crippen molar-refractivity contribution in [2.24, 2.45) is 7.05 Å². The van der Waals surface area contributed by atoms with Crippen molar-refractivity contribution in [2.45, 2.75) is 13.3 Å². The fourth-order valence-electron chi connectivity index (χ4n) is 1.53. The lowest BCUT2D eigenvalue weighted by Gasteiger charge is -2.19. The Bertz CT molecular complexity index is 356. The van der Waals surface area contributed by atoms with Gasteiger partial charge in [-0.25, -0.2) is 0 Å². The zero-order valence-electron chi connectivity index (χ0n) is 9.68. The van der Waals surface area contributed by atoms with Crippen molar-refractivity contribution < 1.29 is 9.90 Å². The van der Waals surface area contributed by atoms with Gasteiger partial charge in [-0.2, -0.15) is 5.10 Å². The Hall–Kier alpha value is -1.56. The zero-order valence-corrected chi connectivity index (χ0v) is 9.68. The summed E-state index contributed by atoms with van der Waals surface area (Å²) in [6.07, 6.45) is 2.43. The van der Waals surface area contributed by atoms with E-state index in [1.165, 1.54) is 4.68 Å². The number of carbonyl (C=O) groups is 1. The second-order valence-corrected chi connectivity index (χ2v) is 3.62. The van der Waals surface area contributed by atoms with E-state index in [0.29, 0.717) is 18.8 Å². The van der Waals surface area contributed by atoms with Crippen LogP contribution in [0.2, 0.25) is 0 Å². The lowest BCUT2D eigenvalue weighted by Crippen LogP contribution is -2.35. The molecule has 1 amide bonds. The maximum atomic E-state index is 12.0. The van der Waals surface area contributed by atoms with E-state index < -0.39 is 0 Å². The third kappa shape index (κ3) is 2.73. The number of nitrogens with zero attached hydrogens (tertiary/aromatic N) is 3. The van der Waals surface area contributed by atoms with Crippen LogP contribution in [0.25, 0.3) is 0 Å². The van der Waals surface area contributed by atoms with Crippen LogP contribution >= 0.6 is 0 Å². The number of carbonyl (C=O) groups excluding carboxylic acids is 1. The number of hydrogen-bond donors (Lipinski definition) is 2. The molecular weight excluding hydrogens is 208 g/mol. The molecule has 0 radical (unpaired) electrons. The van der Waals surface area contributed by atoms with Gasteiger partial charge >= 0.3 is 0 Å². The summed E-state index contributed by atoms with van der Waals surface area (Å²) in [6.45, 7) is 2.82. The first-order valence-electron chi connectivity index (χ1n) is 5.29. The van der Waals surface area contributed by atoms with Gasteiger partial charge in [0.2, 0.25) is 0 Å². The summed E-state index contributed by atoms with van der Waals surface area (Å²) in [4.78, 5) is 13.6. The molecule has 0 bridgehead atoms. The summed E-state index contributed by atoms with van der Waals surface area (Å²) in [5.41, 5.74) is 6.30. The van der Waals surface area contributed by atoms with E-state index >= 15 is 0 Å². The summed E-state index contributed by atoms with van der Waals surface area (Å²) < 4.78 is 1.51. The summed E-state index contributed by atoms with van der Waals surface area (Å²) >= 11 is 0. The standard InChI is InChI=1S/C10H18N4O2/c1-3-4-14(5-6-15)10(16)9-8(11)7-13(2)12-9/h7,15H,3-6,11H2,1-2H3. The van der Waals surface area contributed by atoms with Gasteiger partial charge in [0.05, 0.1) is 12.3 Å². The van der Waals surface area contributed by atoms with E-state index in [1.54, 1.807) is 18.1 Å². The van der Waals surface area contributed by atoms with Gasteiger partial charge in [-0.05, 0) is 6.42 Å². The molecule has 90 valence electrons. The molecule has 0 atom stereocenters. The molecule has 0 aromatic carbocycles. The topological polar surface area (TPSA) is 84.4 Å². The smallest absolute Gasteiger partial charge is 0.276 e. The largest absolute Gasteiger partial charge is 0.396 e. The minimum atomic E-state index is -0.228. The number of hydrogen-bond acceptors (Lipinski definition) is 4. The lowest BCUT2D eigenvalue weighted by molar-refractivity contribution is 0.0716. The highest BCUT2D eigenvalue weighted by Crippen LogP contribution is 2.11.